The summed E-state index contributed by atoms with van der Waals surface area (Å²) in [5.41, 5.74) is 6.15. The van der Waals surface area contributed by atoms with Gasteiger partial charge in [-0.1, -0.05) is 23.7 Å². The molecule has 0 radical (unpaired) electrons. The highest BCUT2D eigenvalue weighted by molar-refractivity contribution is 7.97. The molecule has 1 aliphatic rings. The number of guanidine groups is 1. The largest absolute Gasteiger partial charge is 0.369 e. The average Bonchev–Trinajstić information content (AvgIpc) is 2.71. The molecular formula is C22H19ClF2N4S. The highest BCUT2D eigenvalue weighted by atomic mass is 35.5. The zero-order valence-electron chi connectivity index (χ0n) is 16.4. The van der Waals surface area contributed by atoms with Gasteiger partial charge >= 0.3 is 0 Å². The highest BCUT2D eigenvalue weighted by Gasteiger charge is 2.34. The molecule has 4 nitrogen and oxygen atoms in total. The molecule has 3 aromatic rings. The van der Waals surface area contributed by atoms with Gasteiger partial charge < -0.3 is 5.73 Å². The van der Waals surface area contributed by atoms with Gasteiger partial charge in [-0.3, -0.25) is 9.29 Å². The monoisotopic (exact) mass is 444 g/mol. The van der Waals surface area contributed by atoms with Crippen molar-refractivity contribution in [2.75, 3.05) is 12.8 Å². The van der Waals surface area contributed by atoms with Gasteiger partial charge in [-0.05, 0) is 66.2 Å². The minimum Gasteiger partial charge on any atom is -0.369 e. The van der Waals surface area contributed by atoms with Crippen LogP contribution in [0.2, 0.25) is 5.02 Å². The Morgan fingerprint density at radius 2 is 2.03 bits per heavy atom. The molecule has 0 aliphatic carbocycles. The van der Waals surface area contributed by atoms with E-state index in [-0.39, 0.29) is 5.69 Å². The van der Waals surface area contributed by atoms with Crippen LogP contribution in [0.25, 0.3) is 22.7 Å². The molecule has 8 heteroatoms. The van der Waals surface area contributed by atoms with Crippen LogP contribution in [0.5, 0.6) is 0 Å². The third-order valence-electron chi connectivity index (χ3n) is 5.02. The first-order valence-electron chi connectivity index (χ1n) is 9.20. The van der Waals surface area contributed by atoms with E-state index in [9.17, 15) is 8.78 Å². The molecule has 0 unspecified atom stereocenters. The van der Waals surface area contributed by atoms with E-state index in [1.807, 2.05) is 13.0 Å². The summed E-state index contributed by atoms with van der Waals surface area (Å²) < 4.78 is 31.3. The molecular weight excluding hydrogens is 426 g/mol. The molecule has 4 rings (SSSR count). The zero-order chi connectivity index (χ0) is 21.5. The van der Waals surface area contributed by atoms with Gasteiger partial charge in [0.1, 0.15) is 17.2 Å². The highest BCUT2D eigenvalue weighted by Crippen LogP contribution is 2.36. The minimum absolute atomic E-state index is 0.180. The molecule has 30 heavy (non-hydrogen) atoms. The minimum atomic E-state index is -0.844. The molecule has 2 N–H and O–H groups in total. The van der Waals surface area contributed by atoms with Gasteiger partial charge in [0.25, 0.3) is 0 Å². The summed E-state index contributed by atoms with van der Waals surface area (Å²) in [5.74, 6) is -0.0982. The Morgan fingerprint density at radius 1 is 1.23 bits per heavy atom. The third kappa shape index (κ3) is 4.00. The number of aliphatic imine (C=N–C) groups is 1. The molecule has 154 valence electrons. The Bertz CT molecular complexity index is 1200. The second-order valence-corrected chi connectivity index (χ2v) is 8.84. The Hall–Kier alpha value is -2.64. The van der Waals surface area contributed by atoms with Crippen LogP contribution in [0.4, 0.5) is 8.78 Å². The van der Waals surface area contributed by atoms with Crippen LogP contribution in [0.15, 0.2) is 53.7 Å². The summed E-state index contributed by atoms with van der Waals surface area (Å²) in [6.45, 7) is 1.82. The van der Waals surface area contributed by atoms with Crippen molar-refractivity contribution in [2.24, 2.45) is 10.7 Å². The maximum absolute atomic E-state index is 14.9. The molecule has 0 fully saturated rings. The average molecular weight is 445 g/mol. The maximum atomic E-state index is 14.9. The van der Waals surface area contributed by atoms with Crippen LogP contribution in [0.1, 0.15) is 23.7 Å². The second kappa shape index (κ2) is 7.89. The predicted octanol–water partition coefficient (Wildman–Crippen LogP) is 5.62. The van der Waals surface area contributed by atoms with Gasteiger partial charge in [-0.2, -0.15) is 0 Å². The van der Waals surface area contributed by atoms with Crippen LogP contribution in [0, 0.1) is 5.82 Å². The van der Waals surface area contributed by atoms with Gasteiger partial charge in [0.15, 0.2) is 0 Å². The summed E-state index contributed by atoms with van der Waals surface area (Å²) in [4.78, 5) is 8.65. The van der Waals surface area contributed by atoms with E-state index in [0.717, 1.165) is 10.8 Å². The topological polar surface area (TPSA) is 54.5 Å². The fraction of sp³-hybridized carbons (Fsp3) is 0.182. The lowest BCUT2D eigenvalue weighted by Gasteiger charge is -2.34. The molecule has 1 atom stereocenters. The van der Waals surface area contributed by atoms with Crippen molar-refractivity contribution in [1.82, 2.24) is 9.29 Å². The molecule has 0 amide bonds. The zero-order valence-corrected chi connectivity index (χ0v) is 17.9. The van der Waals surface area contributed by atoms with Crippen molar-refractivity contribution in [3.05, 3.63) is 76.3 Å². The van der Waals surface area contributed by atoms with E-state index in [1.165, 1.54) is 30.2 Å². The Morgan fingerprint density at radius 3 is 2.80 bits per heavy atom. The number of nitrogens with two attached hydrogens (primary N) is 1. The normalized spacial score (nSPS) is 19.8. The summed E-state index contributed by atoms with van der Waals surface area (Å²) >= 11 is 7.49. The quantitative estimate of drug-likeness (QED) is 0.533. The first kappa shape index (κ1) is 20.6. The van der Waals surface area contributed by atoms with Crippen LogP contribution < -0.4 is 5.73 Å². The fourth-order valence-corrected chi connectivity index (χ4v) is 4.31. The summed E-state index contributed by atoms with van der Waals surface area (Å²) in [6, 6.07) is 11.4. The SMILES string of the molecule is CN1SC[C@@](C)(c2cc(/C=C(\F)c3cc4cc(Cl)ccc4cn3)ccc2F)N=C1N. The van der Waals surface area contributed by atoms with Crippen LogP contribution >= 0.6 is 23.5 Å². The maximum Gasteiger partial charge on any atom is 0.202 e. The third-order valence-corrected chi connectivity index (χ3v) is 6.52. The predicted molar refractivity (Wildman–Crippen MR) is 121 cm³/mol. The van der Waals surface area contributed by atoms with E-state index in [0.29, 0.717) is 27.9 Å². The lowest BCUT2D eigenvalue weighted by molar-refractivity contribution is 0.495. The second-order valence-electron chi connectivity index (χ2n) is 7.31. The molecule has 0 bridgehead atoms. The standard InChI is InChI=1S/C22H19ClF2N4S/c1-22(12-30-29(2)21(26)28-22)17-7-13(3-6-18(17)24)8-19(25)20-10-15-9-16(23)5-4-14(15)11-27-20/h3-11H,12H2,1-2H3,(H2,26,28)/b19-8-/t22-/m0/s1. The number of fused-ring (bicyclic) bond motifs is 1. The number of aromatic nitrogens is 1. The van der Waals surface area contributed by atoms with Crippen molar-refractivity contribution in [1.29, 1.82) is 0 Å². The molecule has 0 spiro atoms. The fourth-order valence-electron chi connectivity index (χ4n) is 3.29. The van der Waals surface area contributed by atoms with E-state index in [1.54, 1.807) is 41.8 Å². The Balaban J connectivity index is 1.71. The summed E-state index contributed by atoms with van der Waals surface area (Å²) in [5, 5.41) is 2.22. The van der Waals surface area contributed by atoms with Crippen LogP contribution in [0.3, 0.4) is 0 Å². The van der Waals surface area contributed by atoms with Gasteiger partial charge in [0.2, 0.25) is 5.96 Å². The first-order valence-corrected chi connectivity index (χ1v) is 10.5. The molecule has 2 heterocycles. The Kier molecular flexibility index (Phi) is 5.42. The van der Waals surface area contributed by atoms with Gasteiger partial charge in [-0.25, -0.2) is 13.8 Å². The number of rotatable bonds is 3. The lowest BCUT2D eigenvalue weighted by Crippen LogP contribution is -2.40. The van der Waals surface area contributed by atoms with E-state index in [4.69, 9.17) is 17.3 Å². The van der Waals surface area contributed by atoms with Crippen molar-refractivity contribution in [3.8, 4) is 0 Å². The van der Waals surface area contributed by atoms with Crippen molar-refractivity contribution >= 4 is 52.2 Å². The Labute approximate surface area is 182 Å². The molecule has 1 aromatic heterocycles. The lowest BCUT2D eigenvalue weighted by atomic mass is 9.92. The first-order chi connectivity index (χ1) is 14.2. The summed E-state index contributed by atoms with van der Waals surface area (Å²) in [7, 11) is 1.80. The number of nitrogens with zero attached hydrogens (tertiary/aromatic N) is 3. The smallest absolute Gasteiger partial charge is 0.202 e. The number of pyridine rings is 1. The molecule has 2 aromatic carbocycles. The van der Waals surface area contributed by atoms with Crippen LogP contribution in [-0.4, -0.2) is 28.0 Å². The van der Waals surface area contributed by atoms with Gasteiger partial charge in [0, 0.05) is 35.0 Å². The number of hydrogen-bond acceptors (Lipinski definition) is 5. The molecule has 0 saturated heterocycles. The van der Waals surface area contributed by atoms with E-state index in [2.05, 4.69) is 9.98 Å². The molecule has 0 saturated carbocycles. The number of benzene rings is 2. The molecule has 1 aliphatic heterocycles. The van der Waals surface area contributed by atoms with Crippen molar-refractivity contribution in [3.63, 3.8) is 0 Å². The van der Waals surface area contributed by atoms with E-state index < -0.39 is 17.2 Å². The van der Waals surface area contributed by atoms with Gasteiger partial charge in [-0.15, -0.1) is 0 Å². The van der Waals surface area contributed by atoms with Crippen LogP contribution in [-0.2, 0) is 5.54 Å². The van der Waals surface area contributed by atoms with Gasteiger partial charge in [0.05, 0.1) is 5.69 Å². The number of halogens is 3. The summed E-state index contributed by atoms with van der Waals surface area (Å²) in [6.07, 6.45) is 2.93. The van der Waals surface area contributed by atoms with Crippen molar-refractivity contribution in [2.45, 2.75) is 12.5 Å². The van der Waals surface area contributed by atoms with Crippen molar-refractivity contribution < 1.29 is 8.78 Å². The van der Waals surface area contributed by atoms with E-state index >= 15 is 0 Å². The number of hydrogen-bond donors (Lipinski definition) is 1.